The molecule has 0 unspecified atom stereocenters. The minimum absolute atomic E-state index is 0.00232. The molecule has 2 fully saturated rings. The standard InChI is InChI=1S/C33H55NO5Si/c1-23(2)27-18-17-24(3)19-28(27)37-29(35)33(20-25-15-13-12-14-16-25)21-26(39-40(10,11)32(7,8)9)22-34(33)30(36)38-31(4,5)6/h12-16,23-24,26-28H,17-22H2,1-11H3/t24-,26+,27+,28-,33-/m0/s1. The Morgan fingerprint density at radius 3 is 2.23 bits per heavy atom. The Morgan fingerprint density at radius 2 is 1.68 bits per heavy atom. The first-order valence-electron chi connectivity index (χ1n) is 15.3. The molecule has 2 aliphatic rings. The summed E-state index contributed by atoms with van der Waals surface area (Å²) in [6.07, 6.45) is 2.87. The van der Waals surface area contributed by atoms with Gasteiger partial charge in [-0.15, -0.1) is 0 Å². The molecule has 40 heavy (non-hydrogen) atoms. The van der Waals surface area contributed by atoms with Crippen LogP contribution in [0.25, 0.3) is 0 Å². The van der Waals surface area contributed by atoms with Gasteiger partial charge in [-0.05, 0) is 75.1 Å². The molecule has 5 atom stereocenters. The highest BCUT2D eigenvalue weighted by Gasteiger charge is 2.58. The summed E-state index contributed by atoms with van der Waals surface area (Å²) in [6.45, 7) is 23.6. The van der Waals surface area contributed by atoms with E-state index in [0.717, 1.165) is 24.8 Å². The van der Waals surface area contributed by atoms with Crippen LogP contribution in [0.5, 0.6) is 0 Å². The minimum Gasteiger partial charge on any atom is -0.460 e. The number of benzene rings is 1. The Labute approximate surface area is 244 Å². The van der Waals surface area contributed by atoms with Crippen molar-refractivity contribution in [1.82, 2.24) is 4.90 Å². The highest BCUT2D eigenvalue weighted by Crippen LogP contribution is 2.44. The number of hydrogen-bond acceptors (Lipinski definition) is 5. The molecule has 1 aromatic rings. The summed E-state index contributed by atoms with van der Waals surface area (Å²) in [7, 11) is -2.18. The van der Waals surface area contributed by atoms with Crippen molar-refractivity contribution in [2.24, 2.45) is 17.8 Å². The second kappa shape index (κ2) is 12.2. The van der Waals surface area contributed by atoms with Crippen molar-refractivity contribution in [3.05, 3.63) is 35.9 Å². The van der Waals surface area contributed by atoms with Crippen molar-refractivity contribution < 1.29 is 23.5 Å². The molecule has 1 aromatic carbocycles. The van der Waals surface area contributed by atoms with Crippen LogP contribution >= 0.6 is 0 Å². The number of nitrogens with zero attached hydrogens (tertiary/aromatic N) is 1. The molecule has 1 heterocycles. The summed E-state index contributed by atoms with van der Waals surface area (Å²) in [6, 6.07) is 9.95. The van der Waals surface area contributed by atoms with E-state index in [0.29, 0.717) is 37.1 Å². The van der Waals surface area contributed by atoms with Crippen LogP contribution < -0.4 is 0 Å². The van der Waals surface area contributed by atoms with Crippen molar-refractivity contribution in [3.8, 4) is 0 Å². The molecule has 7 heteroatoms. The lowest BCUT2D eigenvalue weighted by Crippen LogP contribution is -2.57. The third kappa shape index (κ3) is 7.70. The number of amides is 1. The second-order valence-corrected chi connectivity index (χ2v) is 20.0. The van der Waals surface area contributed by atoms with Gasteiger partial charge in [0.25, 0.3) is 0 Å². The van der Waals surface area contributed by atoms with E-state index in [1.54, 1.807) is 4.90 Å². The largest absolute Gasteiger partial charge is 0.460 e. The number of rotatable bonds is 7. The van der Waals surface area contributed by atoms with E-state index in [1.165, 1.54) is 0 Å². The predicted molar refractivity (Wildman–Crippen MR) is 164 cm³/mol. The van der Waals surface area contributed by atoms with E-state index in [-0.39, 0.29) is 23.2 Å². The first-order valence-corrected chi connectivity index (χ1v) is 18.2. The number of ether oxygens (including phenoxy) is 2. The van der Waals surface area contributed by atoms with Gasteiger partial charge >= 0.3 is 12.1 Å². The average Bonchev–Trinajstić information content (AvgIpc) is 3.16. The maximum Gasteiger partial charge on any atom is 0.411 e. The maximum atomic E-state index is 14.6. The minimum atomic E-state index is -2.18. The molecule has 1 amide bonds. The Hall–Kier alpha value is -1.86. The van der Waals surface area contributed by atoms with Crippen LogP contribution in [0, 0.1) is 17.8 Å². The summed E-state index contributed by atoms with van der Waals surface area (Å²) in [5.41, 5.74) is -0.920. The molecule has 1 saturated carbocycles. The average molecular weight is 574 g/mol. The first-order chi connectivity index (χ1) is 18.3. The van der Waals surface area contributed by atoms with E-state index in [1.807, 2.05) is 51.1 Å². The van der Waals surface area contributed by atoms with Crippen LogP contribution in [0.1, 0.15) is 93.6 Å². The lowest BCUT2D eigenvalue weighted by molar-refractivity contribution is -0.168. The Kier molecular flexibility index (Phi) is 9.93. The van der Waals surface area contributed by atoms with Crippen molar-refractivity contribution in [1.29, 1.82) is 0 Å². The van der Waals surface area contributed by atoms with Crippen LogP contribution in [0.4, 0.5) is 4.79 Å². The molecular weight excluding hydrogens is 518 g/mol. The molecule has 0 aromatic heterocycles. The fraction of sp³-hybridized carbons (Fsp3) is 0.758. The highest BCUT2D eigenvalue weighted by molar-refractivity contribution is 6.74. The summed E-state index contributed by atoms with van der Waals surface area (Å²) >= 11 is 0. The predicted octanol–water partition coefficient (Wildman–Crippen LogP) is 8.00. The second-order valence-electron chi connectivity index (χ2n) is 15.3. The van der Waals surface area contributed by atoms with Crippen molar-refractivity contribution in [2.45, 2.75) is 136 Å². The molecule has 1 saturated heterocycles. The lowest BCUT2D eigenvalue weighted by Gasteiger charge is -2.41. The van der Waals surface area contributed by atoms with Gasteiger partial charge in [0, 0.05) is 12.8 Å². The summed E-state index contributed by atoms with van der Waals surface area (Å²) < 4.78 is 19.3. The summed E-state index contributed by atoms with van der Waals surface area (Å²) in [5, 5.41) is -0.00232. The molecule has 0 N–H and O–H groups in total. The smallest absolute Gasteiger partial charge is 0.411 e. The topological polar surface area (TPSA) is 65.1 Å². The van der Waals surface area contributed by atoms with E-state index < -0.39 is 25.6 Å². The highest BCUT2D eigenvalue weighted by atomic mass is 28.4. The number of carbonyl (C=O) groups is 2. The van der Waals surface area contributed by atoms with Gasteiger partial charge in [-0.1, -0.05) is 78.3 Å². The van der Waals surface area contributed by atoms with Crippen molar-refractivity contribution >= 4 is 20.4 Å². The van der Waals surface area contributed by atoms with E-state index in [4.69, 9.17) is 13.9 Å². The number of likely N-dealkylation sites (tertiary alicyclic amines) is 1. The SMILES string of the molecule is CC(C)[C@H]1CC[C@H](C)C[C@@H]1OC(=O)[C@]1(Cc2ccccc2)C[C@@H](O[Si](C)(C)C(C)(C)C)CN1C(=O)OC(C)(C)C. The zero-order chi connectivity index (χ0) is 30.1. The first kappa shape index (κ1) is 32.6. The van der Waals surface area contributed by atoms with Gasteiger partial charge in [0.2, 0.25) is 0 Å². The number of carbonyl (C=O) groups excluding carboxylic acids is 2. The molecule has 0 radical (unpaired) electrons. The zero-order valence-electron chi connectivity index (χ0n) is 27.0. The van der Waals surface area contributed by atoms with Crippen molar-refractivity contribution in [3.63, 3.8) is 0 Å². The van der Waals surface area contributed by atoms with Gasteiger partial charge in [0.1, 0.15) is 17.2 Å². The molecule has 3 rings (SSSR count). The molecule has 6 nitrogen and oxygen atoms in total. The van der Waals surface area contributed by atoms with E-state index >= 15 is 0 Å². The van der Waals surface area contributed by atoms with Gasteiger partial charge in [0.15, 0.2) is 8.32 Å². The number of hydrogen-bond donors (Lipinski definition) is 0. The van der Waals surface area contributed by atoms with Crippen LogP contribution in [0.3, 0.4) is 0 Å². The molecule has 1 aliphatic heterocycles. The van der Waals surface area contributed by atoms with Gasteiger partial charge in [0.05, 0.1) is 12.6 Å². The molecule has 0 bridgehead atoms. The monoisotopic (exact) mass is 573 g/mol. The maximum absolute atomic E-state index is 14.6. The van der Waals surface area contributed by atoms with Crippen molar-refractivity contribution in [2.75, 3.05) is 6.54 Å². The van der Waals surface area contributed by atoms with Crippen LogP contribution in [-0.4, -0.2) is 55.2 Å². The molecule has 1 aliphatic carbocycles. The molecular formula is C33H55NO5Si. The Balaban J connectivity index is 2.06. The molecule has 226 valence electrons. The quantitative estimate of drug-likeness (QED) is 0.244. The lowest BCUT2D eigenvalue weighted by atomic mass is 9.75. The van der Waals surface area contributed by atoms with Gasteiger partial charge in [-0.25, -0.2) is 9.59 Å². The number of esters is 1. The normalized spacial score (nSPS) is 28.1. The fourth-order valence-electron chi connectivity index (χ4n) is 6.03. The Bertz CT molecular complexity index is 1010. The Morgan fingerprint density at radius 1 is 1.05 bits per heavy atom. The third-order valence-electron chi connectivity index (χ3n) is 9.29. The van der Waals surface area contributed by atoms with E-state index in [9.17, 15) is 9.59 Å². The van der Waals surface area contributed by atoms with E-state index in [2.05, 4.69) is 54.6 Å². The van der Waals surface area contributed by atoms with Crippen LogP contribution in [-0.2, 0) is 25.1 Å². The zero-order valence-corrected chi connectivity index (χ0v) is 28.0. The van der Waals surface area contributed by atoms with Gasteiger partial charge in [-0.3, -0.25) is 4.90 Å². The van der Waals surface area contributed by atoms with Gasteiger partial charge in [-0.2, -0.15) is 0 Å². The van der Waals surface area contributed by atoms with Crippen LogP contribution in [0.15, 0.2) is 30.3 Å². The summed E-state index contributed by atoms with van der Waals surface area (Å²) in [4.78, 5) is 30.1. The summed E-state index contributed by atoms with van der Waals surface area (Å²) in [5.74, 6) is 0.895. The third-order valence-corrected chi connectivity index (χ3v) is 13.8. The molecule has 0 spiro atoms. The van der Waals surface area contributed by atoms with Crippen LogP contribution in [0.2, 0.25) is 18.1 Å². The van der Waals surface area contributed by atoms with Gasteiger partial charge < -0.3 is 13.9 Å². The fourth-order valence-corrected chi connectivity index (χ4v) is 7.38.